The molecule has 0 spiro atoms. The van der Waals surface area contributed by atoms with Gasteiger partial charge in [0.1, 0.15) is 6.10 Å². The summed E-state index contributed by atoms with van der Waals surface area (Å²) in [5.74, 6) is 0. The predicted octanol–water partition coefficient (Wildman–Crippen LogP) is 6.85. The SMILES string of the molecule is OC(c1ccccc1)c1cccc(CNC(c2ccccc2)(c2ccccc2)c2ccccc2)c1. The monoisotopic (exact) mass is 455 g/mol. The van der Waals surface area contributed by atoms with E-state index in [0.717, 1.165) is 16.7 Å². The number of hydrogen-bond acceptors (Lipinski definition) is 2. The Morgan fingerprint density at radius 3 is 1.43 bits per heavy atom. The van der Waals surface area contributed by atoms with Crippen molar-refractivity contribution in [1.29, 1.82) is 0 Å². The van der Waals surface area contributed by atoms with E-state index in [1.807, 2.05) is 42.5 Å². The number of aliphatic hydroxyl groups excluding tert-OH is 1. The molecule has 172 valence electrons. The molecule has 2 N–H and O–H groups in total. The largest absolute Gasteiger partial charge is 0.384 e. The highest BCUT2D eigenvalue weighted by Crippen LogP contribution is 2.37. The number of rotatable bonds is 8. The third-order valence-corrected chi connectivity index (χ3v) is 6.56. The minimum atomic E-state index is -0.654. The van der Waals surface area contributed by atoms with Crippen molar-refractivity contribution in [1.82, 2.24) is 5.32 Å². The standard InChI is InChI=1S/C33H29NO/c35-32(27-15-5-1-6-16-27)28-17-13-14-26(24-28)25-34-33(29-18-7-2-8-19-29,30-20-9-3-10-21-30)31-22-11-4-12-23-31/h1-24,32,34-35H,25H2. The summed E-state index contributed by atoms with van der Waals surface area (Å²) in [4.78, 5) is 0. The Morgan fingerprint density at radius 1 is 0.514 bits per heavy atom. The van der Waals surface area contributed by atoms with Crippen molar-refractivity contribution in [3.8, 4) is 0 Å². The first-order valence-electron chi connectivity index (χ1n) is 12.0. The number of nitrogens with one attached hydrogen (secondary N) is 1. The Morgan fingerprint density at radius 2 is 0.943 bits per heavy atom. The summed E-state index contributed by atoms with van der Waals surface area (Å²) in [7, 11) is 0. The maximum atomic E-state index is 11.0. The van der Waals surface area contributed by atoms with Gasteiger partial charge in [0.05, 0.1) is 5.54 Å². The topological polar surface area (TPSA) is 32.3 Å². The molecule has 0 radical (unpaired) electrons. The molecule has 0 saturated carbocycles. The Balaban J connectivity index is 1.55. The van der Waals surface area contributed by atoms with Gasteiger partial charge in [-0.15, -0.1) is 0 Å². The van der Waals surface area contributed by atoms with Crippen molar-refractivity contribution in [3.05, 3.63) is 179 Å². The second kappa shape index (κ2) is 10.5. The van der Waals surface area contributed by atoms with Gasteiger partial charge >= 0.3 is 0 Å². The first-order chi connectivity index (χ1) is 17.3. The molecule has 5 aromatic rings. The Labute approximate surface area is 207 Å². The maximum Gasteiger partial charge on any atom is 0.104 e. The van der Waals surface area contributed by atoms with Gasteiger partial charge in [0, 0.05) is 6.54 Å². The second-order valence-electron chi connectivity index (χ2n) is 8.76. The molecule has 0 aromatic heterocycles. The van der Waals surface area contributed by atoms with Crippen LogP contribution in [0, 0.1) is 0 Å². The smallest absolute Gasteiger partial charge is 0.104 e. The van der Waals surface area contributed by atoms with E-state index in [0.29, 0.717) is 6.54 Å². The minimum Gasteiger partial charge on any atom is -0.384 e. The molecule has 0 bridgehead atoms. The highest BCUT2D eigenvalue weighted by Gasteiger charge is 2.35. The van der Waals surface area contributed by atoms with Gasteiger partial charge in [-0.1, -0.05) is 146 Å². The van der Waals surface area contributed by atoms with E-state index in [2.05, 4.69) is 108 Å². The van der Waals surface area contributed by atoms with E-state index in [1.165, 1.54) is 16.7 Å². The van der Waals surface area contributed by atoms with Crippen molar-refractivity contribution in [2.75, 3.05) is 0 Å². The van der Waals surface area contributed by atoms with Crippen LogP contribution in [0.25, 0.3) is 0 Å². The van der Waals surface area contributed by atoms with Gasteiger partial charge in [0.25, 0.3) is 0 Å². The van der Waals surface area contributed by atoms with E-state index in [4.69, 9.17) is 0 Å². The average molecular weight is 456 g/mol. The summed E-state index contributed by atoms with van der Waals surface area (Å²) < 4.78 is 0. The van der Waals surface area contributed by atoms with Crippen molar-refractivity contribution in [3.63, 3.8) is 0 Å². The highest BCUT2D eigenvalue weighted by molar-refractivity contribution is 5.49. The van der Waals surface area contributed by atoms with Crippen LogP contribution in [0.3, 0.4) is 0 Å². The molecule has 0 saturated heterocycles. The fraction of sp³-hybridized carbons (Fsp3) is 0.0909. The first-order valence-corrected chi connectivity index (χ1v) is 12.0. The molecule has 5 rings (SSSR count). The summed E-state index contributed by atoms with van der Waals surface area (Å²) >= 11 is 0. The molecule has 1 unspecified atom stereocenters. The van der Waals surface area contributed by atoms with Crippen LogP contribution < -0.4 is 5.32 Å². The second-order valence-corrected chi connectivity index (χ2v) is 8.76. The fourth-order valence-electron chi connectivity index (χ4n) is 4.81. The van der Waals surface area contributed by atoms with Gasteiger partial charge in [-0.25, -0.2) is 0 Å². The van der Waals surface area contributed by atoms with E-state index in [1.54, 1.807) is 0 Å². The zero-order valence-corrected chi connectivity index (χ0v) is 19.6. The minimum absolute atomic E-state index is 0.530. The maximum absolute atomic E-state index is 11.0. The fourth-order valence-corrected chi connectivity index (χ4v) is 4.81. The van der Waals surface area contributed by atoms with Gasteiger partial charge in [0.15, 0.2) is 0 Å². The van der Waals surface area contributed by atoms with Crippen molar-refractivity contribution in [2.24, 2.45) is 0 Å². The van der Waals surface area contributed by atoms with Gasteiger partial charge in [-0.05, 0) is 33.4 Å². The molecule has 0 aliphatic rings. The van der Waals surface area contributed by atoms with Crippen LogP contribution in [0.1, 0.15) is 39.5 Å². The number of benzene rings is 5. The lowest BCUT2D eigenvalue weighted by atomic mass is 9.77. The Bertz CT molecular complexity index is 1240. The molecule has 1 atom stereocenters. The van der Waals surface area contributed by atoms with Crippen LogP contribution in [-0.2, 0) is 12.1 Å². The molecule has 0 amide bonds. The summed E-state index contributed by atoms with van der Waals surface area (Å²) in [6.07, 6.45) is -0.654. The summed E-state index contributed by atoms with van der Waals surface area (Å²) in [6, 6.07) is 49.8. The van der Waals surface area contributed by atoms with Gasteiger partial charge in [-0.3, -0.25) is 5.32 Å². The van der Waals surface area contributed by atoms with Gasteiger partial charge in [0.2, 0.25) is 0 Å². The van der Waals surface area contributed by atoms with E-state index < -0.39 is 11.6 Å². The van der Waals surface area contributed by atoms with E-state index >= 15 is 0 Å². The lowest BCUT2D eigenvalue weighted by Crippen LogP contribution is -2.44. The summed E-state index contributed by atoms with van der Waals surface area (Å²) in [6.45, 7) is 0.633. The lowest BCUT2D eigenvalue weighted by Gasteiger charge is -2.37. The van der Waals surface area contributed by atoms with E-state index in [9.17, 15) is 5.11 Å². The third-order valence-electron chi connectivity index (χ3n) is 6.56. The molecule has 0 heterocycles. The van der Waals surface area contributed by atoms with Gasteiger partial charge < -0.3 is 5.11 Å². The predicted molar refractivity (Wildman–Crippen MR) is 143 cm³/mol. The van der Waals surface area contributed by atoms with Crippen molar-refractivity contribution in [2.45, 2.75) is 18.2 Å². The number of aliphatic hydroxyl groups is 1. The van der Waals surface area contributed by atoms with Crippen LogP contribution in [0.4, 0.5) is 0 Å². The van der Waals surface area contributed by atoms with Crippen LogP contribution >= 0.6 is 0 Å². The molecular weight excluding hydrogens is 426 g/mol. The highest BCUT2D eigenvalue weighted by atomic mass is 16.3. The van der Waals surface area contributed by atoms with Crippen LogP contribution in [0.2, 0.25) is 0 Å². The quantitative estimate of drug-likeness (QED) is 0.251. The Kier molecular flexibility index (Phi) is 6.85. The number of hydrogen-bond donors (Lipinski definition) is 2. The first kappa shape index (κ1) is 22.8. The molecule has 5 aromatic carbocycles. The molecular formula is C33H29NO. The van der Waals surface area contributed by atoms with E-state index in [-0.39, 0.29) is 0 Å². The van der Waals surface area contributed by atoms with Crippen molar-refractivity contribution < 1.29 is 5.11 Å². The van der Waals surface area contributed by atoms with Gasteiger partial charge in [-0.2, -0.15) is 0 Å². The summed E-state index contributed by atoms with van der Waals surface area (Å²) in [5.41, 5.74) is 5.90. The zero-order chi connectivity index (χ0) is 23.9. The molecule has 0 aliphatic heterocycles. The zero-order valence-electron chi connectivity index (χ0n) is 19.6. The molecule has 35 heavy (non-hydrogen) atoms. The van der Waals surface area contributed by atoms with Crippen LogP contribution in [0.15, 0.2) is 146 Å². The molecule has 2 nitrogen and oxygen atoms in total. The molecule has 2 heteroatoms. The summed E-state index contributed by atoms with van der Waals surface area (Å²) in [5, 5.41) is 14.9. The van der Waals surface area contributed by atoms with Crippen LogP contribution in [-0.4, -0.2) is 5.11 Å². The van der Waals surface area contributed by atoms with Crippen LogP contribution in [0.5, 0.6) is 0 Å². The lowest BCUT2D eigenvalue weighted by molar-refractivity contribution is 0.220. The molecule has 0 aliphatic carbocycles. The normalized spacial score (nSPS) is 12.3. The Hall–Kier alpha value is -3.98. The van der Waals surface area contributed by atoms with Crippen molar-refractivity contribution >= 4 is 0 Å². The molecule has 0 fully saturated rings. The average Bonchev–Trinajstić information content (AvgIpc) is 2.95. The third kappa shape index (κ3) is 4.81.